The highest BCUT2D eigenvalue weighted by Gasteiger charge is 2.20. The van der Waals surface area contributed by atoms with E-state index in [9.17, 15) is 4.79 Å². The second-order valence-corrected chi connectivity index (χ2v) is 8.35. The summed E-state index contributed by atoms with van der Waals surface area (Å²) in [5, 5.41) is 0. The minimum atomic E-state index is -0.0596. The van der Waals surface area contributed by atoms with Gasteiger partial charge >= 0.3 is 0 Å². The summed E-state index contributed by atoms with van der Waals surface area (Å²) in [6, 6.07) is 16.1. The van der Waals surface area contributed by atoms with Gasteiger partial charge in [-0.1, -0.05) is 34.1 Å². The normalized spacial score (nSPS) is 14.1. The lowest BCUT2D eigenvalue weighted by molar-refractivity contribution is 0.414. The third kappa shape index (κ3) is 4.51. The maximum Gasteiger partial charge on any atom is 0.256 e. The third-order valence-electron chi connectivity index (χ3n) is 5.50. The summed E-state index contributed by atoms with van der Waals surface area (Å²) >= 11 is 3.44. The predicted molar refractivity (Wildman–Crippen MR) is 124 cm³/mol. The number of rotatable bonds is 5. The maximum absolute atomic E-state index is 12.8. The van der Waals surface area contributed by atoms with Gasteiger partial charge in [0.2, 0.25) is 5.95 Å². The average Bonchev–Trinajstić information content (AvgIpc) is 2.77. The largest absolute Gasteiger partial charge is 0.497 e. The highest BCUT2D eigenvalue weighted by Crippen LogP contribution is 2.23. The van der Waals surface area contributed by atoms with Gasteiger partial charge in [-0.15, -0.1) is 0 Å². The first-order valence-electron chi connectivity index (χ1n) is 10.0. The van der Waals surface area contributed by atoms with Gasteiger partial charge in [0.05, 0.1) is 12.8 Å². The molecule has 0 unspecified atom stereocenters. The zero-order valence-electron chi connectivity index (χ0n) is 17.2. The molecule has 156 valence electrons. The Hall–Kier alpha value is -2.80. The molecule has 30 heavy (non-hydrogen) atoms. The van der Waals surface area contributed by atoms with Gasteiger partial charge in [0, 0.05) is 54.4 Å². The molecule has 0 aliphatic carbocycles. The van der Waals surface area contributed by atoms with E-state index in [0.29, 0.717) is 12.4 Å². The molecular weight excluding hydrogens is 444 g/mol. The van der Waals surface area contributed by atoms with Crippen molar-refractivity contribution in [3.63, 3.8) is 0 Å². The molecule has 1 saturated heterocycles. The number of aryl methyl sites for hydroxylation is 1. The van der Waals surface area contributed by atoms with E-state index in [2.05, 4.69) is 42.8 Å². The van der Waals surface area contributed by atoms with Gasteiger partial charge in [-0.3, -0.25) is 9.78 Å². The number of piperazine rings is 1. The molecule has 1 aliphatic rings. The van der Waals surface area contributed by atoms with E-state index in [4.69, 9.17) is 9.72 Å². The number of halogens is 1. The number of benzene rings is 2. The minimum absolute atomic E-state index is 0.0596. The van der Waals surface area contributed by atoms with Crippen molar-refractivity contribution < 1.29 is 4.74 Å². The molecule has 1 aliphatic heterocycles. The molecule has 7 heteroatoms. The van der Waals surface area contributed by atoms with Crippen LogP contribution in [0.15, 0.2) is 57.8 Å². The molecule has 1 aromatic heterocycles. The Labute approximate surface area is 184 Å². The standard InChI is InChI=1S/C23H25BrN4O2/c1-16-21(14-17-6-8-18(24)9-7-17)22(29)26-23(25-16)28-12-10-27(11-13-28)19-4-3-5-20(15-19)30-2/h3-9,15H,10-14H2,1-2H3,(H,25,26,29). The summed E-state index contributed by atoms with van der Waals surface area (Å²) in [5.74, 6) is 1.51. The van der Waals surface area contributed by atoms with E-state index in [1.54, 1.807) is 7.11 Å². The molecule has 0 amide bonds. The molecule has 0 spiro atoms. The van der Waals surface area contributed by atoms with E-state index in [-0.39, 0.29) is 5.56 Å². The van der Waals surface area contributed by atoms with E-state index >= 15 is 0 Å². The van der Waals surface area contributed by atoms with Crippen molar-refractivity contribution >= 4 is 27.6 Å². The first-order chi connectivity index (χ1) is 14.5. The van der Waals surface area contributed by atoms with E-state index in [1.807, 2.05) is 43.3 Å². The van der Waals surface area contributed by atoms with Crippen LogP contribution in [-0.4, -0.2) is 43.3 Å². The number of nitrogens with zero attached hydrogens (tertiary/aromatic N) is 3. The average molecular weight is 469 g/mol. The van der Waals surface area contributed by atoms with Crippen molar-refractivity contribution in [2.45, 2.75) is 13.3 Å². The zero-order chi connectivity index (χ0) is 21.1. The molecule has 0 saturated carbocycles. The van der Waals surface area contributed by atoms with Crippen LogP contribution in [0.4, 0.5) is 11.6 Å². The van der Waals surface area contributed by atoms with Crippen molar-refractivity contribution in [3.05, 3.63) is 80.2 Å². The molecule has 3 aromatic rings. The van der Waals surface area contributed by atoms with Gasteiger partial charge < -0.3 is 14.5 Å². The molecule has 1 N–H and O–H groups in total. The quantitative estimate of drug-likeness (QED) is 0.617. The Morgan fingerprint density at radius 1 is 1.07 bits per heavy atom. The van der Waals surface area contributed by atoms with Crippen LogP contribution in [0.3, 0.4) is 0 Å². The van der Waals surface area contributed by atoms with Gasteiger partial charge in [-0.05, 0) is 36.8 Å². The molecule has 0 atom stereocenters. The molecule has 2 aromatic carbocycles. The van der Waals surface area contributed by atoms with E-state index in [1.165, 1.54) is 0 Å². The van der Waals surface area contributed by atoms with Crippen LogP contribution in [0.1, 0.15) is 16.8 Å². The van der Waals surface area contributed by atoms with Crippen LogP contribution >= 0.6 is 15.9 Å². The maximum atomic E-state index is 12.8. The lowest BCUT2D eigenvalue weighted by atomic mass is 10.1. The molecule has 4 rings (SSSR count). The lowest BCUT2D eigenvalue weighted by Crippen LogP contribution is -2.47. The van der Waals surface area contributed by atoms with Crippen LogP contribution in [0, 0.1) is 6.92 Å². The Bertz CT molecular complexity index is 1070. The summed E-state index contributed by atoms with van der Waals surface area (Å²) in [4.78, 5) is 25.0. The predicted octanol–water partition coefficient (Wildman–Crippen LogP) is 3.77. The Kier molecular flexibility index (Phi) is 6.08. The van der Waals surface area contributed by atoms with Gasteiger partial charge in [0.1, 0.15) is 5.75 Å². The first kappa shape index (κ1) is 20.5. The molecule has 0 radical (unpaired) electrons. The number of aromatic nitrogens is 2. The second kappa shape index (κ2) is 8.92. The fourth-order valence-electron chi connectivity index (χ4n) is 3.74. The molecule has 1 fully saturated rings. The van der Waals surface area contributed by atoms with Crippen molar-refractivity contribution in [1.29, 1.82) is 0 Å². The van der Waals surface area contributed by atoms with Gasteiger partial charge in [0.25, 0.3) is 5.56 Å². The lowest BCUT2D eigenvalue weighted by Gasteiger charge is -2.36. The van der Waals surface area contributed by atoms with Crippen LogP contribution in [0.5, 0.6) is 5.75 Å². The zero-order valence-corrected chi connectivity index (χ0v) is 18.8. The number of hydrogen-bond donors (Lipinski definition) is 1. The number of nitrogens with one attached hydrogen (secondary N) is 1. The van der Waals surface area contributed by atoms with Crippen molar-refractivity contribution in [2.75, 3.05) is 43.1 Å². The number of anilines is 2. The minimum Gasteiger partial charge on any atom is -0.497 e. The molecular formula is C23H25BrN4O2. The molecule has 6 nitrogen and oxygen atoms in total. The van der Waals surface area contributed by atoms with E-state index in [0.717, 1.165) is 58.9 Å². The molecule has 0 bridgehead atoms. The number of aromatic amines is 1. The first-order valence-corrected chi connectivity index (χ1v) is 10.8. The van der Waals surface area contributed by atoms with Crippen molar-refractivity contribution in [2.24, 2.45) is 0 Å². The Balaban J connectivity index is 1.46. The number of ether oxygens (including phenoxy) is 1. The third-order valence-corrected chi connectivity index (χ3v) is 6.03. The number of hydrogen-bond acceptors (Lipinski definition) is 5. The fourth-order valence-corrected chi connectivity index (χ4v) is 4.01. The van der Waals surface area contributed by atoms with Crippen LogP contribution in [0.25, 0.3) is 0 Å². The Morgan fingerprint density at radius 3 is 2.43 bits per heavy atom. The van der Waals surface area contributed by atoms with Crippen LogP contribution < -0.4 is 20.1 Å². The second-order valence-electron chi connectivity index (χ2n) is 7.43. The highest BCUT2D eigenvalue weighted by atomic mass is 79.9. The summed E-state index contributed by atoms with van der Waals surface area (Å²) in [5.41, 5.74) is 3.68. The topological polar surface area (TPSA) is 61.5 Å². The van der Waals surface area contributed by atoms with Crippen LogP contribution in [-0.2, 0) is 6.42 Å². The van der Waals surface area contributed by atoms with Gasteiger partial charge in [0.15, 0.2) is 0 Å². The summed E-state index contributed by atoms with van der Waals surface area (Å²) in [6.07, 6.45) is 0.575. The van der Waals surface area contributed by atoms with E-state index < -0.39 is 0 Å². The summed E-state index contributed by atoms with van der Waals surface area (Å²) < 4.78 is 6.36. The summed E-state index contributed by atoms with van der Waals surface area (Å²) in [7, 11) is 1.68. The number of H-pyrrole nitrogens is 1. The van der Waals surface area contributed by atoms with Crippen LogP contribution in [0.2, 0.25) is 0 Å². The Morgan fingerprint density at radius 2 is 1.77 bits per heavy atom. The van der Waals surface area contributed by atoms with Gasteiger partial charge in [-0.2, -0.15) is 0 Å². The highest BCUT2D eigenvalue weighted by molar-refractivity contribution is 9.10. The fraction of sp³-hybridized carbons (Fsp3) is 0.304. The van der Waals surface area contributed by atoms with Crippen molar-refractivity contribution in [3.8, 4) is 5.75 Å². The van der Waals surface area contributed by atoms with Crippen molar-refractivity contribution in [1.82, 2.24) is 9.97 Å². The smallest absolute Gasteiger partial charge is 0.256 e. The number of methoxy groups -OCH3 is 1. The van der Waals surface area contributed by atoms with Gasteiger partial charge in [-0.25, -0.2) is 4.98 Å². The monoisotopic (exact) mass is 468 g/mol. The SMILES string of the molecule is COc1cccc(N2CCN(c3nc(C)c(Cc4ccc(Br)cc4)c(=O)[nH]3)CC2)c1. The molecule has 2 heterocycles. The summed E-state index contributed by atoms with van der Waals surface area (Å²) in [6.45, 7) is 5.23.